The molecule has 0 aliphatic rings. The summed E-state index contributed by atoms with van der Waals surface area (Å²) in [5, 5.41) is 0. The average molecular weight is 240 g/mol. The first-order chi connectivity index (χ1) is 8.31. The van der Waals surface area contributed by atoms with Gasteiger partial charge < -0.3 is 20.1 Å². The Morgan fingerprint density at radius 1 is 1.12 bits per heavy atom. The minimum atomic E-state index is 0.455. The molecule has 0 bridgehead atoms. The van der Waals surface area contributed by atoms with Gasteiger partial charge in [-0.1, -0.05) is 0 Å². The van der Waals surface area contributed by atoms with Crippen LogP contribution in [0.5, 0.6) is 0 Å². The van der Waals surface area contributed by atoms with Gasteiger partial charge in [-0.15, -0.1) is 0 Å². The van der Waals surface area contributed by atoms with Crippen molar-refractivity contribution in [3.63, 3.8) is 0 Å². The monoisotopic (exact) mass is 240 g/mol. The molecule has 0 unspecified atom stereocenters. The van der Waals surface area contributed by atoms with E-state index in [1.54, 1.807) is 26.6 Å². The van der Waals surface area contributed by atoms with Crippen LogP contribution in [0.25, 0.3) is 0 Å². The van der Waals surface area contributed by atoms with E-state index in [1.807, 2.05) is 4.90 Å². The van der Waals surface area contributed by atoms with E-state index in [0.29, 0.717) is 25.7 Å². The van der Waals surface area contributed by atoms with E-state index in [0.717, 1.165) is 18.7 Å². The van der Waals surface area contributed by atoms with Gasteiger partial charge in [-0.2, -0.15) is 0 Å². The Balaban J connectivity index is 2.65. The Bertz CT molecular complexity index is 297. The first kappa shape index (κ1) is 13.8. The Hall–Kier alpha value is -1.24. The van der Waals surface area contributed by atoms with Crippen molar-refractivity contribution in [3.8, 4) is 0 Å². The Morgan fingerprint density at radius 3 is 2.06 bits per heavy atom. The highest BCUT2D eigenvalue weighted by molar-refractivity contribution is 5.29. The predicted molar refractivity (Wildman–Crippen MR) is 65.9 cm³/mol. The number of hydrogen-bond donors (Lipinski definition) is 1. The molecule has 1 rings (SSSR count). The predicted octanol–water partition coefficient (Wildman–Crippen LogP) is 0.0345. The highest BCUT2D eigenvalue weighted by Gasteiger charge is 2.08. The molecule has 2 N–H and O–H groups in total. The smallest absolute Gasteiger partial charge is 0.225 e. The molecule has 17 heavy (non-hydrogen) atoms. The van der Waals surface area contributed by atoms with E-state index in [1.165, 1.54) is 0 Å². The molecule has 0 saturated carbocycles. The van der Waals surface area contributed by atoms with Crippen LogP contribution < -0.4 is 10.6 Å². The lowest BCUT2D eigenvalue weighted by Crippen LogP contribution is -2.32. The lowest BCUT2D eigenvalue weighted by atomic mass is 10.3. The zero-order chi connectivity index (χ0) is 12.5. The van der Waals surface area contributed by atoms with Crippen molar-refractivity contribution in [1.82, 2.24) is 9.97 Å². The van der Waals surface area contributed by atoms with Gasteiger partial charge in [-0.05, 0) is 0 Å². The van der Waals surface area contributed by atoms with Crippen molar-refractivity contribution >= 4 is 5.95 Å². The number of anilines is 1. The second kappa shape index (κ2) is 7.94. The summed E-state index contributed by atoms with van der Waals surface area (Å²) in [4.78, 5) is 10.6. The molecule has 0 saturated heterocycles. The van der Waals surface area contributed by atoms with Gasteiger partial charge in [0.25, 0.3) is 0 Å². The molecule has 0 aromatic carbocycles. The minimum Gasteiger partial charge on any atom is -0.383 e. The van der Waals surface area contributed by atoms with Crippen LogP contribution >= 0.6 is 0 Å². The molecule has 1 aromatic heterocycles. The third-order valence-electron chi connectivity index (χ3n) is 2.34. The molecule has 0 atom stereocenters. The van der Waals surface area contributed by atoms with E-state index in [2.05, 4.69) is 9.97 Å². The third-order valence-corrected chi connectivity index (χ3v) is 2.34. The first-order valence-corrected chi connectivity index (χ1v) is 5.55. The van der Waals surface area contributed by atoms with Crippen LogP contribution in [0.4, 0.5) is 5.95 Å². The lowest BCUT2D eigenvalue weighted by Gasteiger charge is -2.21. The number of aromatic nitrogens is 2. The van der Waals surface area contributed by atoms with Gasteiger partial charge in [0.1, 0.15) is 0 Å². The van der Waals surface area contributed by atoms with Gasteiger partial charge in [-0.3, -0.25) is 0 Å². The van der Waals surface area contributed by atoms with E-state index in [9.17, 15) is 0 Å². The largest absolute Gasteiger partial charge is 0.383 e. The summed E-state index contributed by atoms with van der Waals surface area (Å²) in [6, 6.07) is 0. The number of nitrogens with two attached hydrogens (primary N) is 1. The molecular formula is C11H20N4O2. The van der Waals surface area contributed by atoms with Crippen molar-refractivity contribution in [1.29, 1.82) is 0 Å². The molecule has 0 fully saturated rings. The summed E-state index contributed by atoms with van der Waals surface area (Å²) in [6.45, 7) is 3.19. The van der Waals surface area contributed by atoms with Crippen molar-refractivity contribution < 1.29 is 9.47 Å². The molecule has 0 aliphatic carbocycles. The zero-order valence-electron chi connectivity index (χ0n) is 10.4. The van der Waals surface area contributed by atoms with Crippen molar-refractivity contribution in [2.75, 3.05) is 45.4 Å². The van der Waals surface area contributed by atoms with Crippen LogP contribution in [0.15, 0.2) is 12.4 Å². The van der Waals surface area contributed by atoms with E-state index < -0.39 is 0 Å². The number of hydrogen-bond acceptors (Lipinski definition) is 6. The maximum Gasteiger partial charge on any atom is 0.225 e. The SMILES string of the molecule is COCCN(CCOC)c1ncc(CN)cn1. The molecule has 1 aromatic rings. The van der Waals surface area contributed by atoms with Gasteiger partial charge in [0.05, 0.1) is 13.2 Å². The van der Waals surface area contributed by atoms with Crippen LogP contribution in [0.3, 0.4) is 0 Å². The van der Waals surface area contributed by atoms with Gasteiger partial charge in [0.15, 0.2) is 0 Å². The van der Waals surface area contributed by atoms with Gasteiger partial charge >= 0.3 is 0 Å². The quantitative estimate of drug-likeness (QED) is 0.691. The molecule has 96 valence electrons. The summed E-state index contributed by atoms with van der Waals surface area (Å²) in [5.41, 5.74) is 6.43. The van der Waals surface area contributed by atoms with E-state index >= 15 is 0 Å². The zero-order valence-corrected chi connectivity index (χ0v) is 10.4. The average Bonchev–Trinajstić information content (AvgIpc) is 2.39. The van der Waals surface area contributed by atoms with Crippen LogP contribution in [0, 0.1) is 0 Å². The van der Waals surface area contributed by atoms with Crippen molar-refractivity contribution in [2.24, 2.45) is 5.73 Å². The highest BCUT2D eigenvalue weighted by Crippen LogP contribution is 2.06. The fourth-order valence-electron chi connectivity index (χ4n) is 1.33. The molecule has 0 amide bonds. The minimum absolute atomic E-state index is 0.455. The Kier molecular flexibility index (Phi) is 6.46. The number of rotatable bonds is 8. The highest BCUT2D eigenvalue weighted by atomic mass is 16.5. The third kappa shape index (κ3) is 4.64. The standard InChI is InChI=1S/C11H20N4O2/c1-16-5-3-15(4-6-17-2)11-13-8-10(7-12)9-14-11/h8-9H,3-7,12H2,1-2H3. The van der Waals surface area contributed by atoms with Crippen LogP contribution in [-0.4, -0.2) is 50.5 Å². The summed E-state index contributed by atoms with van der Waals surface area (Å²) in [7, 11) is 3.35. The number of nitrogens with zero attached hydrogens (tertiary/aromatic N) is 3. The Morgan fingerprint density at radius 2 is 1.65 bits per heavy atom. The van der Waals surface area contributed by atoms with E-state index in [4.69, 9.17) is 15.2 Å². The van der Waals surface area contributed by atoms with Gasteiger partial charge in [0, 0.05) is 51.8 Å². The maximum absolute atomic E-state index is 5.50. The molecule has 0 aliphatic heterocycles. The Labute approximate surface area is 102 Å². The van der Waals surface area contributed by atoms with E-state index in [-0.39, 0.29) is 0 Å². The summed E-state index contributed by atoms with van der Waals surface area (Å²) < 4.78 is 10.1. The van der Waals surface area contributed by atoms with Crippen molar-refractivity contribution in [2.45, 2.75) is 6.54 Å². The topological polar surface area (TPSA) is 73.5 Å². The second-order valence-electron chi connectivity index (χ2n) is 3.57. The maximum atomic E-state index is 5.50. The molecule has 0 radical (unpaired) electrons. The second-order valence-corrected chi connectivity index (χ2v) is 3.57. The van der Waals surface area contributed by atoms with Crippen LogP contribution in [0.2, 0.25) is 0 Å². The lowest BCUT2D eigenvalue weighted by molar-refractivity contribution is 0.189. The molecule has 1 heterocycles. The van der Waals surface area contributed by atoms with Crippen molar-refractivity contribution in [3.05, 3.63) is 18.0 Å². The summed E-state index contributed by atoms with van der Waals surface area (Å²) in [6.07, 6.45) is 3.49. The van der Waals surface area contributed by atoms with Gasteiger partial charge in [-0.25, -0.2) is 9.97 Å². The molecular weight excluding hydrogens is 220 g/mol. The fraction of sp³-hybridized carbons (Fsp3) is 0.636. The number of ether oxygens (including phenoxy) is 2. The summed E-state index contributed by atoms with van der Waals surface area (Å²) >= 11 is 0. The molecule has 6 heteroatoms. The van der Waals surface area contributed by atoms with Crippen LogP contribution in [-0.2, 0) is 16.0 Å². The summed E-state index contributed by atoms with van der Waals surface area (Å²) in [5.74, 6) is 0.677. The van der Waals surface area contributed by atoms with Gasteiger partial charge in [0.2, 0.25) is 5.95 Å². The fourth-order valence-corrected chi connectivity index (χ4v) is 1.33. The normalized spacial score (nSPS) is 10.5. The molecule has 6 nitrogen and oxygen atoms in total. The first-order valence-electron chi connectivity index (χ1n) is 5.55. The molecule has 0 spiro atoms. The van der Waals surface area contributed by atoms with Crippen LogP contribution in [0.1, 0.15) is 5.56 Å². The number of methoxy groups -OCH3 is 2.